The zero-order chi connectivity index (χ0) is 19.3. The second-order valence-electron chi connectivity index (χ2n) is 6.65. The Morgan fingerprint density at radius 1 is 1.26 bits per heavy atom. The molecule has 0 bridgehead atoms. The number of amides is 1. The van der Waals surface area contributed by atoms with E-state index in [1.54, 1.807) is 18.2 Å². The molecule has 1 fully saturated rings. The molecule has 1 amide bonds. The van der Waals surface area contributed by atoms with Gasteiger partial charge in [0.2, 0.25) is 0 Å². The molecule has 1 aromatic carbocycles. The first-order valence-corrected chi connectivity index (χ1v) is 9.63. The number of pyridine rings is 1. The van der Waals surface area contributed by atoms with Crippen LogP contribution in [0.3, 0.4) is 0 Å². The van der Waals surface area contributed by atoms with E-state index < -0.39 is 11.4 Å². The average molecular weight is 426 g/mol. The number of hydrogen-bond acceptors (Lipinski definition) is 4. The Morgan fingerprint density at radius 2 is 1.96 bits per heavy atom. The summed E-state index contributed by atoms with van der Waals surface area (Å²) in [6.45, 7) is -0.0133. The van der Waals surface area contributed by atoms with E-state index in [2.05, 4.69) is 26.2 Å². The Hall–Kier alpha value is -2.49. The molecule has 1 aliphatic rings. The summed E-state index contributed by atoms with van der Waals surface area (Å²) in [6, 6.07) is 15.0. The maximum absolute atomic E-state index is 12.8. The van der Waals surface area contributed by atoms with Crippen molar-refractivity contribution in [3.05, 3.63) is 69.5 Å². The topological polar surface area (TPSA) is 86.0 Å². The number of carbonyl (C=O) groups excluding carboxylic acids is 1. The van der Waals surface area contributed by atoms with E-state index in [4.69, 9.17) is 0 Å². The fraction of sp³-hybridized carbons (Fsp3) is 0.286. The van der Waals surface area contributed by atoms with Gasteiger partial charge in [0.05, 0.1) is 17.8 Å². The summed E-state index contributed by atoms with van der Waals surface area (Å²) in [6.07, 6.45) is 5.18. The number of rotatable bonds is 5. The van der Waals surface area contributed by atoms with Crippen LogP contribution in [0.1, 0.15) is 42.5 Å². The lowest BCUT2D eigenvalue weighted by atomic mass is 9.87. The highest BCUT2D eigenvalue weighted by molar-refractivity contribution is 9.10. The molecule has 1 aromatic heterocycles. The molecule has 0 unspecified atom stereocenters. The van der Waals surface area contributed by atoms with Crippen molar-refractivity contribution in [2.75, 3.05) is 0 Å². The first-order valence-electron chi connectivity index (χ1n) is 8.83. The third-order valence-corrected chi connectivity index (χ3v) is 5.33. The molecule has 2 N–H and O–H groups in total. The molecule has 0 radical (unpaired) electrons. The number of hydrogen-bond donors (Lipinski definition) is 2. The molecule has 6 heteroatoms. The smallest absolute Gasteiger partial charge is 0.262 e. The number of carbonyl (C=O) groups is 1. The van der Waals surface area contributed by atoms with Crippen LogP contribution in [0, 0.1) is 11.3 Å². The second-order valence-corrected chi connectivity index (χ2v) is 7.47. The first-order chi connectivity index (χ1) is 13.1. The number of nitriles is 1. The highest BCUT2D eigenvalue weighted by Crippen LogP contribution is 2.39. The highest BCUT2D eigenvalue weighted by atomic mass is 79.9. The van der Waals surface area contributed by atoms with Crippen molar-refractivity contribution in [1.29, 1.82) is 5.26 Å². The van der Waals surface area contributed by atoms with Gasteiger partial charge in [-0.15, -0.1) is 0 Å². The summed E-state index contributed by atoms with van der Waals surface area (Å²) in [4.78, 5) is 17.1. The molecule has 0 spiro atoms. The summed E-state index contributed by atoms with van der Waals surface area (Å²) in [5.41, 5.74) is 1.92. The normalized spacial score (nSPS) is 16.0. The van der Waals surface area contributed by atoms with Gasteiger partial charge in [0.15, 0.2) is 0 Å². The summed E-state index contributed by atoms with van der Waals surface area (Å²) < 4.78 is 0.644. The molecule has 27 heavy (non-hydrogen) atoms. The van der Waals surface area contributed by atoms with Gasteiger partial charge in [0.1, 0.15) is 16.2 Å². The molecule has 5 nitrogen and oxygen atoms in total. The first kappa shape index (κ1) is 19.3. The van der Waals surface area contributed by atoms with Crippen LogP contribution < -0.4 is 5.32 Å². The Labute approximate surface area is 166 Å². The zero-order valence-electron chi connectivity index (χ0n) is 14.8. The van der Waals surface area contributed by atoms with Crippen molar-refractivity contribution in [3.8, 4) is 6.07 Å². The van der Waals surface area contributed by atoms with Gasteiger partial charge in [-0.2, -0.15) is 5.26 Å². The van der Waals surface area contributed by atoms with Crippen LogP contribution in [-0.2, 0) is 16.9 Å². The Balaban J connectivity index is 1.87. The van der Waals surface area contributed by atoms with Crippen molar-refractivity contribution < 1.29 is 9.90 Å². The van der Waals surface area contributed by atoms with Crippen LogP contribution in [0.4, 0.5) is 0 Å². The van der Waals surface area contributed by atoms with E-state index >= 15 is 0 Å². The van der Waals surface area contributed by atoms with Crippen LogP contribution in [0.5, 0.6) is 0 Å². The summed E-state index contributed by atoms with van der Waals surface area (Å²) in [7, 11) is 0. The fourth-order valence-corrected chi connectivity index (χ4v) is 3.84. The predicted molar refractivity (Wildman–Crippen MR) is 106 cm³/mol. The number of benzene rings is 1. The lowest BCUT2D eigenvalue weighted by molar-refractivity contribution is -0.119. The molecule has 3 rings (SSSR count). The minimum absolute atomic E-state index is 0.0133. The maximum atomic E-state index is 12.8. The van der Waals surface area contributed by atoms with E-state index in [1.165, 1.54) is 6.08 Å². The van der Waals surface area contributed by atoms with Crippen LogP contribution >= 0.6 is 15.9 Å². The largest absolute Gasteiger partial charge is 0.392 e. The van der Waals surface area contributed by atoms with E-state index in [0.717, 1.165) is 36.8 Å². The third-order valence-electron chi connectivity index (χ3n) is 4.89. The van der Waals surface area contributed by atoms with Gasteiger partial charge in [0.25, 0.3) is 5.91 Å². The highest BCUT2D eigenvalue weighted by Gasteiger charge is 2.37. The summed E-state index contributed by atoms with van der Waals surface area (Å²) in [5.74, 6) is -0.396. The van der Waals surface area contributed by atoms with Gasteiger partial charge in [0, 0.05) is 0 Å². The van der Waals surface area contributed by atoms with Crippen molar-refractivity contribution in [1.82, 2.24) is 10.3 Å². The quantitative estimate of drug-likeness (QED) is 0.432. The lowest BCUT2D eigenvalue weighted by Gasteiger charge is -2.31. The summed E-state index contributed by atoms with van der Waals surface area (Å²) >= 11 is 3.29. The Bertz CT molecular complexity index is 894. The molecule has 2 aromatic rings. The number of aliphatic hydroxyl groups is 1. The van der Waals surface area contributed by atoms with Gasteiger partial charge in [-0.1, -0.05) is 43.2 Å². The Kier molecular flexibility index (Phi) is 6.04. The molecule has 0 atom stereocenters. The SMILES string of the molecule is N#C/C(=C\c1cccc(Br)n1)C(=O)NC1(c2ccc(CO)cc2)CCCC1. The lowest BCUT2D eigenvalue weighted by Crippen LogP contribution is -2.44. The van der Waals surface area contributed by atoms with Gasteiger partial charge in [-0.25, -0.2) is 4.98 Å². The summed E-state index contributed by atoms with van der Waals surface area (Å²) in [5, 5.41) is 21.8. The van der Waals surface area contributed by atoms with Crippen LogP contribution in [0.15, 0.2) is 52.6 Å². The van der Waals surface area contributed by atoms with Crippen molar-refractivity contribution in [2.24, 2.45) is 0 Å². The standard InChI is InChI=1S/C21H20BrN3O2/c22-19-5-3-4-18(24-19)12-16(13-23)20(27)25-21(10-1-2-11-21)17-8-6-15(14-26)7-9-17/h3-9,12,26H,1-2,10-11,14H2,(H,25,27)/b16-12+. The molecule has 1 saturated carbocycles. The number of nitrogens with zero attached hydrogens (tertiary/aromatic N) is 2. The van der Waals surface area contributed by atoms with E-state index in [9.17, 15) is 15.2 Å². The van der Waals surface area contributed by atoms with E-state index in [1.807, 2.05) is 30.3 Å². The predicted octanol–water partition coefficient (Wildman–Crippen LogP) is 3.83. The van der Waals surface area contributed by atoms with E-state index in [-0.39, 0.29) is 12.2 Å². The number of nitrogens with one attached hydrogen (secondary N) is 1. The van der Waals surface area contributed by atoms with Gasteiger partial charge >= 0.3 is 0 Å². The number of aliphatic hydroxyl groups excluding tert-OH is 1. The minimum Gasteiger partial charge on any atom is -0.392 e. The van der Waals surface area contributed by atoms with Crippen molar-refractivity contribution in [2.45, 2.75) is 37.8 Å². The Morgan fingerprint density at radius 3 is 2.56 bits per heavy atom. The number of halogens is 1. The average Bonchev–Trinajstić information content (AvgIpc) is 3.15. The second kappa shape index (κ2) is 8.47. The monoisotopic (exact) mass is 425 g/mol. The number of aromatic nitrogens is 1. The van der Waals surface area contributed by atoms with Gasteiger partial charge < -0.3 is 10.4 Å². The van der Waals surface area contributed by atoms with E-state index in [0.29, 0.717) is 10.3 Å². The molecule has 138 valence electrons. The molecular weight excluding hydrogens is 406 g/mol. The van der Waals surface area contributed by atoms with Crippen LogP contribution in [-0.4, -0.2) is 16.0 Å². The maximum Gasteiger partial charge on any atom is 0.262 e. The van der Waals surface area contributed by atoms with Gasteiger partial charge in [-0.05, 0) is 58.1 Å². The molecule has 1 heterocycles. The van der Waals surface area contributed by atoms with Crippen LogP contribution in [0.25, 0.3) is 6.08 Å². The van der Waals surface area contributed by atoms with Gasteiger partial charge in [-0.3, -0.25) is 4.79 Å². The molecule has 1 aliphatic carbocycles. The molecule has 0 aliphatic heterocycles. The zero-order valence-corrected chi connectivity index (χ0v) is 16.4. The fourth-order valence-electron chi connectivity index (χ4n) is 3.48. The third kappa shape index (κ3) is 4.44. The minimum atomic E-state index is -0.480. The van der Waals surface area contributed by atoms with Crippen molar-refractivity contribution >= 4 is 27.9 Å². The molecule has 0 saturated heterocycles. The molecular formula is C21H20BrN3O2. The van der Waals surface area contributed by atoms with Crippen molar-refractivity contribution in [3.63, 3.8) is 0 Å². The van der Waals surface area contributed by atoms with Crippen LogP contribution in [0.2, 0.25) is 0 Å².